The second-order valence-electron chi connectivity index (χ2n) is 8.10. The Morgan fingerprint density at radius 3 is 1.50 bits per heavy atom. The zero-order chi connectivity index (χ0) is 21.3. The lowest BCUT2D eigenvalue weighted by Crippen LogP contribution is -2.27. The van der Waals surface area contributed by atoms with E-state index in [0.29, 0.717) is 18.1 Å². The van der Waals surface area contributed by atoms with Crippen molar-refractivity contribution in [3.05, 3.63) is 48.8 Å². The molecule has 0 aliphatic heterocycles. The summed E-state index contributed by atoms with van der Waals surface area (Å²) in [7, 11) is 0. The standard InChI is InChI=1S/C26H39N3O/c1-2-3-4-5-6-7-8-9-10-11-12-13-14-21-26(30)29(24-19-15-17-22-27-24)25-20-16-18-23-28-25/h15-20,22-23H,2-14,21H2,1H3. The third-order valence-corrected chi connectivity index (χ3v) is 5.50. The molecule has 0 fully saturated rings. The molecule has 0 spiro atoms. The van der Waals surface area contributed by atoms with E-state index in [0.717, 1.165) is 12.8 Å². The maximum Gasteiger partial charge on any atom is 0.233 e. The van der Waals surface area contributed by atoms with Gasteiger partial charge in [-0.3, -0.25) is 4.79 Å². The Morgan fingerprint density at radius 1 is 0.667 bits per heavy atom. The third kappa shape index (κ3) is 9.51. The number of hydrogen-bond acceptors (Lipinski definition) is 3. The van der Waals surface area contributed by atoms with Crippen molar-refractivity contribution in [3.8, 4) is 0 Å². The molecule has 164 valence electrons. The fourth-order valence-corrected chi connectivity index (χ4v) is 3.75. The fourth-order valence-electron chi connectivity index (χ4n) is 3.75. The Balaban J connectivity index is 1.60. The number of pyridine rings is 2. The molecular weight excluding hydrogens is 370 g/mol. The highest BCUT2D eigenvalue weighted by Crippen LogP contribution is 2.23. The number of aromatic nitrogens is 2. The Bertz CT molecular complexity index is 636. The molecule has 0 saturated carbocycles. The van der Waals surface area contributed by atoms with Gasteiger partial charge < -0.3 is 0 Å². The van der Waals surface area contributed by atoms with Crippen molar-refractivity contribution in [1.29, 1.82) is 0 Å². The summed E-state index contributed by atoms with van der Waals surface area (Å²) >= 11 is 0. The van der Waals surface area contributed by atoms with Crippen LogP contribution in [0.15, 0.2) is 48.8 Å². The van der Waals surface area contributed by atoms with Gasteiger partial charge in [0.1, 0.15) is 11.6 Å². The quantitative estimate of drug-likeness (QED) is 0.268. The van der Waals surface area contributed by atoms with Gasteiger partial charge in [-0.25, -0.2) is 14.9 Å². The van der Waals surface area contributed by atoms with Crippen LogP contribution in [-0.2, 0) is 4.79 Å². The third-order valence-electron chi connectivity index (χ3n) is 5.50. The largest absolute Gasteiger partial charge is 0.274 e. The molecule has 4 heteroatoms. The van der Waals surface area contributed by atoms with Crippen molar-refractivity contribution in [1.82, 2.24) is 9.97 Å². The Hall–Kier alpha value is -2.23. The van der Waals surface area contributed by atoms with E-state index in [2.05, 4.69) is 16.9 Å². The highest BCUT2D eigenvalue weighted by molar-refractivity contribution is 5.98. The number of rotatable bonds is 16. The van der Waals surface area contributed by atoms with Crippen LogP contribution in [0.4, 0.5) is 11.6 Å². The Labute approximate surface area is 183 Å². The van der Waals surface area contributed by atoms with Gasteiger partial charge in [0.05, 0.1) is 0 Å². The molecule has 0 aliphatic carbocycles. The molecule has 0 aromatic carbocycles. The second-order valence-corrected chi connectivity index (χ2v) is 8.10. The monoisotopic (exact) mass is 409 g/mol. The maximum atomic E-state index is 12.9. The molecule has 0 bridgehead atoms. The lowest BCUT2D eigenvalue weighted by atomic mass is 10.0. The molecule has 2 heterocycles. The molecule has 0 atom stereocenters. The molecular formula is C26H39N3O. The zero-order valence-electron chi connectivity index (χ0n) is 18.8. The Morgan fingerprint density at radius 2 is 1.10 bits per heavy atom. The van der Waals surface area contributed by atoms with E-state index in [9.17, 15) is 4.79 Å². The van der Waals surface area contributed by atoms with Gasteiger partial charge in [-0.15, -0.1) is 0 Å². The second kappa shape index (κ2) is 15.6. The normalized spacial score (nSPS) is 10.8. The molecule has 0 unspecified atom stereocenters. The summed E-state index contributed by atoms with van der Waals surface area (Å²) in [6.07, 6.45) is 20.9. The van der Waals surface area contributed by atoms with Crippen LogP contribution in [0.2, 0.25) is 0 Å². The molecule has 2 rings (SSSR count). The lowest BCUT2D eigenvalue weighted by Gasteiger charge is -2.20. The topological polar surface area (TPSA) is 46.1 Å². The maximum absolute atomic E-state index is 12.9. The van der Waals surface area contributed by atoms with Crippen LogP contribution in [0.5, 0.6) is 0 Å². The van der Waals surface area contributed by atoms with Crippen molar-refractivity contribution in [2.75, 3.05) is 4.90 Å². The minimum atomic E-state index is 0.0653. The first-order chi connectivity index (χ1) is 14.8. The SMILES string of the molecule is CCCCCCCCCCCCCCCC(=O)N(c1ccccn1)c1ccccn1. The predicted molar refractivity (Wildman–Crippen MR) is 126 cm³/mol. The molecule has 2 aromatic heterocycles. The number of unbranched alkanes of at least 4 members (excludes halogenated alkanes) is 12. The molecule has 2 aromatic rings. The molecule has 0 saturated heterocycles. The van der Waals surface area contributed by atoms with E-state index in [1.807, 2.05) is 36.4 Å². The number of carbonyl (C=O) groups is 1. The first kappa shape index (κ1) is 24.0. The zero-order valence-corrected chi connectivity index (χ0v) is 18.8. The van der Waals surface area contributed by atoms with Crippen molar-refractivity contribution in [3.63, 3.8) is 0 Å². The number of nitrogens with zero attached hydrogens (tertiary/aromatic N) is 3. The molecule has 0 aliphatic rings. The number of anilines is 2. The minimum Gasteiger partial charge on any atom is -0.274 e. The van der Waals surface area contributed by atoms with E-state index in [1.54, 1.807) is 17.3 Å². The average Bonchev–Trinajstić information content (AvgIpc) is 2.78. The first-order valence-electron chi connectivity index (χ1n) is 12.0. The van der Waals surface area contributed by atoms with Crippen molar-refractivity contribution >= 4 is 17.5 Å². The number of hydrogen-bond donors (Lipinski definition) is 0. The van der Waals surface area contributed by atoms with E-state index in [4.69, 9.17) is 0 Å². The molecule has 0 N–H and O–H groups in total. The highest BCUT2D eigenvalue weighted by atomic mass is 16.2. The predicted octanol–water partition coefficient (Wildman–Crippen LogP) is 7.62. The molecule has 1 amide bonds. The van der Waals surface area contributed by atoms with Gasteiger partial charge in [0, 0.05) is 18.8 Å². The van der Waals surface area contributed by atoms with Gasteiger partial charge in [-0.1, -0.05) is 96.1 Å². The van der Waals surface area contributed by atoms with Gasteiger partial charge in [-0.05, 0) is 30.7 Å². The molecule has 4 nitrogen and oxygen atoms in total. The van der Waals surface area contributed by atoms with Crippen LogP contribution < -0.4 is 4.90 Å². The summed E-state index contributed by atoms with van der Waals surface area (Å²) in [5.74, 6) is 1.34. The summed E-state index contributed by atoms with van der Waals surface area (Å²) in [6.45, 7) is 2.27. The summed E-state index contributed by atoms with van der Waals surface area (Å²) < 4.78 is 0. The van der Waals surface area contributed by atoms with Crippen LogP contribution in [0, 0.1) is 0 Å². The fraction of sp³-hybridized carbons (Fsp3) is 0.577. The summed E-state index contributed by atoms with van der Waals surface area (Å²) in [5.41, 5.74) is 0. The van der Waals surface area contributed by atoms with Crippen molar-refractivity contribution in [2.24, 2.45) is 0 Å². The van der Waals surface area contributed by atoms with Gasteiger partial charge in [0.25, 0.3) is 0 Å². The van der Waals surface area contributed by atoms with E-state index in [-0.39, 0.29) is 5.91 Å². The smallest absolute Gasteiger partial charge is 0.233 e. The van der Waals surface area contributed by atoms with E-state index >= 15 is 0 Å². The molecule has 0 radical (unpaired) electrons. The number of amides is 1. The van der Waals surface area contributed by atoms with Crippen LogP contribution in [0.3, 0.4) is 0 Å². The first-order valence-corrected chi connectivity index (χ1v) is 12.0. The number of carbonyl (C=O) groups excluding carboxylic acids is 1. The van der Waals surface area contributed by atoms with Crippen LogP contribution in [0.25, 0.3) is 0 Å². The van der Waals surface area contributed by atoms with Crippen LogP contribution in [-0.4, -0.2) is 15.9 Å². The van der Waals surface area contributed by atoms with Gasteiger partial charge in [0.2, 0.25) is 5.91 Å². The summed E-state index contributed by atoms with van der Waals surface area (Å²) in [5, 5.41) is 0. The molecule has 30 heavy (non-hydrogen) atoms. The van der Waals surface area contributed by atoms with Gasteiger partial charge in [0.15, 0.2) is 0 Å². The van der Waals surface area contributed by atoms with Crippen LogP contribution in [0.1, 0.15) is 96.8 Å². The minimum absolute atomic E-state index is 0.0653. The van der Waals surface area contributed by atoms with E-state index < -0.39 is 0 Å². The highest BCUT2D eigenvalue weighted by Gasteiger charge is 2.19. The van der Waals surface area contributed by atoms with E-state index in [1.165, 1.54) is 70.6 Å². The lowest BCUT2D eigenvalue weighted by molar-refractivity contribution is -0.118. The van der Waals surface area contributed by atoms with Crippen molar-refractivity contribution < 1.29 is 4.79 Å². The van der Waals surface area contributed by atoms with Gasteiger partial charge in [-0.2, -0.15) is 0 Å². The van der Waals surface area contributed by atoms with Gasteiger partial charge >= 0.3 is 0 Å². The summed E-state index contributed by atoms with van der Waals surface area (Å²) in [6, 6.07) is 11.2. The van der Waals surface area contributed by atoms with Crippen molar-refractivity contribution in [2.45, 2.75) is 96.8 Å². The summed E-state index contributed by atoms with van der Waals surface area (Å²) in [4.78, 5) is 23.2. The van der Waals surface area contributed by atoms with Crippen LogP contribution >= 0.6 is 0 Å². The Kier molecular flexibility index (Phi) is 12.5. The average molecular weight is 410 g/mol.